The molecular formula is C9H17NO4. The van der Waals surface area contributed by atoms with E-state index in [0.717, 1.165) is 12.8 Å². The molecule has 0 saturated carbocycles. The number of methoxy groups -OCH3 is 1. The number of likely N-dealkylation sites (tertiary alicyclic amines) is 1. The summed E-state index contributed by atoms with van der Waals surface area (Å²) in [5.74, 6) is 0. The summed E-state index contributed by atoms with van der Waals surface area (Å²) in [7, 11) is 1.39. The summed E-state index contributed by atoms with van der Waals surface area (Å²) in [4.78, 5) is 12.8. The highest BCUT2D eigenvalue weighted by Crippen LogP contribution is 2.13. The van der Waals surface area contributed by atoms with E-state index in [1.165, 1.54) is 7.11 Å². The minimum atomic E-state index is -0.273. The first-order valence-corrected chi connectivity index (χ1v) is 4.83. The first kappa shape index (κ1) is 11.3. The van der Waals surface area contributed by atoms with Crippen molar-refractivity contribution < 1.29 is 19.4 Å². The Labute approximate surface area is 83.6 Å². The SMILES string of the molecule is COC(=O)N1CCC(OCCO)CC1. The Bertz CT molecular complexity index is 178. The highest BCUT2D eigenvalue weighted by Gasteiger charge is 2.23. The van der Waals surface area contributed by atoms with Gasteiger partial charge in [-0.05, 0) is 12.8 Å². The van der Waals surface area contributed by atoms with Crippen LogP contribution >= 0.6 is 0 Å². The van der Waals surface area contributed by atoms with Crippen LogP contribution in [0.1, 0.15) is 12.8 Å². The molecule has 0 atom stereocenters. The number of hydrogen-bond donors (Lipinski definition) is 1. The number of hydrogen-bond acceptors (Lipinski definition) is 4. The van der Waals surface area contributed by atoms with Crippen LogP contribution in [0, 0.1) is 0 Å². The maximum Gasteiger partial charge on any atom is 0.409 e. The van der Waals surface area contributed by atoms with E-state index < -0.39 is 0 Å². The Morgan fingerprint density at radius 2 is 2.14 bits per heavy atom. The van der Waals surface area contributed by atoms with E-state index in [1.54, 1.807) is 4.90 Å². The fourth-order valence-corrected chi connectivity index (χ4v) is 1.55. The Morgan fingerprint density at radius 3 is 2.64 bits per heavy atom. The van der Waals surface area contributed by atoms with Crippen LogP contribution in [0.3, 0.4) is 0 Å². The number of ether oxygens (including phenoxy) is 2. The van der Waals surface area contributed by atoms with Crippen LogP contribution in [0.5, 0.6) is 0 Å². The van der Waals surface area contributed by atoms with Crippen LogP contribution < -0.4 is 0 Å². The van der Waals surface area contributed by atoms with Gasteiger partial charge in [0.25, 0.3) is 0 Å². The maximum atomic E-state index is 11.1. The second-order valence-corrected chi connectivity index (χ2v) is 3.25. The summed E-state index contributed by atoms with van der Waals surface area (Å²) in [5, 5.41) is 8.57. The van der Waals surface area contributed by atoms with Crippen molar-refractivity contribution in [1.82, 2.24) is 4.90 Å². The summed E-state index contributed by atoms with van der Waals surface area (Å²) < 4.78 is 9.98. The lowest BCUT2D eigenvalue weighted by Crippen LogP contribution is -2.41. The monoisotopic (exact) mass is 203 g/mol. The van der Waals surface area contributed by atoms with E-state index in [-0.39, 0.29) is 18.8 Å². The van der Waals surface area contributed by atoms with Crippen molar-refractivity contribution in [3.63, 3.8) is 0 Å². The highest BCUT2D eigenvalue weighted by molar-refractivity contribution is 5.67. The lowest BCUT2D eigenvalue weighted by molar-refractivity contribution is -0.00652. The Kier molecular flexibility index (Phi) is 4.69. The van der Waals surface area contributed by atoms with Gasteiger partial charge >= 0.3 is 6.09 Å². The highest BCUT2D eigenvalue weighted by atomic mass is 16.5. The second kappa shape index (κ2) is 5.82. The smallest absolute Gasteiger partial charge is 0.409 e. The second-order valence-electron chi connectivity index (χ2n) is 3.25. The fraction of sp³-hybridized carbons (Fsp3) is 0.889. The van der Waals surface area contributed by atoms with Crippen molar-refractivity contribution in [2.45, 2.75) is 18.9 Å². The van der Waals surface area contributed by atoms with Crippen LogP contribution in [0.25, 0.3) is 0 Å². The van der Waals surface area contributed by atoms with Crippen molar-refractivity contribution >= 4 is 6.09 Å². The topological polar surface area (TPSA) is 59.0 Å². The van der Waals surface area contributed by atoms with Gasteiger partial charge in [-0.2, -0.15) is 0 Å². The molecular weight excluding hydrogens is 186 g/mol. The predicted molar refractivity (Wildman–Crippen MR) is 50.0 cm³/mol. The minimum Gasteiger partial charge on any atom is -0.453 e. The third-order valence-corrected chi connectivity index (χ3v) is 2.32. The Balaban J connectivity index is 2.20. The van der Waals surface area contributed by atoms with Crippen LogP contribution in [-0.2, 0) is 9.47 Å². The molecule has 5 nitrogen and oxygen atoms in total. The largest absolute Gasteiger partial charge is 0.453 e. The lowest BCUT2D eigenvalue weighted by atomic mass is 10.1. The molecule has 0 bridgehead atoms. The molecule has 14 heavy (non-hydrogen) atoms. The maximum absolute atomic E-state index is 11.1. The molecule has 1 heterocycles. The molecule has 0 aliphatic carbocycles. The van der Waals surface area contributed by atoms with E-state index >= 15 is 0 Å². The average Bonchev–Trinajstić information content (AvgIpc) is 2.26. The third kappa shape index (κ3) is 3.16. The zero-order valence-corrected chi connectivity index (χ0v) is 8.44. The first-order chi connectivity index (χ1) is 6.77. The van der Waals surface area contributed by atoms with E-state index in [9.17, 15) is 4.79 Å². The molecule has 1 amide bonds. The van der Waals surface area contributed by atoms with Gasteiger partial charge in [-0.15, -0.1) is 0 Å². The van der Waals surface area contributed by atoms with Gasteiger partial charge < -0.3 is 19.5 Å². The van der Waals surface area contributed by atoms with Crippen molar-refractivity contribution in [2.24, 2.45) is 0 Å². The van der Waals surface area contributed by atoms with Gasteiger partial charge in [0, 0.05) is 13.1 Å². The molecule has 1 N–H and O–H groups in total. The molecule has 1 aliphatic heterocycles. The molecule has 1 aliphatic rings. The van der Waals surface area contributed by atoms with Gasteiger partial charge in [-0.1, -0.05) is 0 Å². The quantitative estimate of drug-likeness (QED) is 0.713. The fourth-order valence-electron chi connectivity index (χ4n) is 1.55. The standard InChI is InChI=1S/C9H17NO4/c1-13-9(12)10-4-2-8(3-5-10)14-7-6-11/h8,11H,2-7H2,1H3. The number of piperidine rings is 1. The number of aliphatic hydroxyl groups excluding tert-OH is 1. The predicted octanol–water partition coefficient (Wildman–Crippen LogP) is 0.226. The molecule has 0 aromatic rings. The summed E-state index contributed by atoms with van der Waals surface area (Å²) in [5.41, 5.74) is 0. The minimum absolute atomic E-state index is 0.0528. The van der Waals surface area contributed by atoms with Crippen LogP contribution in [0.2, 0.25) is 0 Å². The van der Waals surface area contributed by atoms with Crippen molar-refractivity contribution in [3.05, 3.63) is 0 Å². The average molecular weight is 203 g/mol. The van der Waals surface area contributed by atoms with Crippen molar-refractivity contribution in [1.29, 1.82) is 0 Å². The number of carbonyl (C=O) groups is 1. The zero-order valence-electron chi connectivity index (χ0n) is 8.44. The number of rotatable bonds is 3. The number of carbonyl (C=O) groups excluding carboxylic acids is 1. The van der Waals surface area contributed by atoms with Gasteiger partial charge in [0.2, 0.25) is 0 Å². The van der Waals surface area contributed by atoms with Crippen molar-refractivity contribution in [3.8, 4) is 0 Å². The molecule has 0 aromatic carbocycles. The van der Waals surface area contributed by atoms with Gasteiger partial charge in [-0.3, -0.25) is 0 Å². The normalized spacial score (nSPS) is 18.3. The van der Waals surface area contributed by atoms with E-state index in [0.29, 0.717) is 19.7 Å². The molecule has 1 fully saturated rings. The summed E-state index contributed by atoms with van der Waals surface area (Å²) >= 11 is 0. The summed E-state index contributed by atoms with van der Waals surface area (Å²) in [6.45, 7) is 1.77. The molecule has 0 radical (unpaired) electrons. The van der Waals surface area contributed by atoms with Crippen LogP contribution in [0.15, 0.2) is 0 Å². The third-order valence-electron chi connectivity index (χ3n) is 2.32. The molecule has 1 saturated heterocycles. The Morgan fingerprint density at radius 1 is 1.50 bits per heavy atom. The van der Waals surface area contributed by atoms with Gasteiger partial charge in [0.05, 0.1) is 26.4 Å². The van der Waals surface area contributed by atoms with Gasteiger partial charge in [0.1, 0.15) is 0 Å². The van der Waals surface area contributed by atoms with Gasteiger partial charge in [0.15, 0.2) is 0 Å². The molecule has 1 rings (SSSR count). The van der Waals surface area contributed by atoms with Crippen LogP contribution in [0.4, 0.5) is 4.79 Å². The molecule has 0 aromatic heterocycles. The lowest BCUT2D eigenvalue weighted by Gasteiger charge is -2.30. The molecule has 0 spiro atoms. The number of nitrogens with zero attached hydrogens (tertiary/aromatic N) is 1. The molecule has 5 heteroatoms. The molecule has 0 unspecified atom stereocenters. The van der Waals surface area contributed by atoms with Crippen molar-refractivity contribution in [2.75, 3.05) is 33.4 Å². The van der Waals surface area contributed by atoms with E-state index in [4.69, 9.17) is 9.84 Å². The Hall–Kier alpha value is -0.810. The number of aliphatic hydroxyl groups is 1. The zero-order chi connectivity index (χ0) is 10.4. The summed E-state index contributed by atoms with van der Waals surface area (Å²) in [6.07, 6.45) is 1.53. The molecule has 82 valence electrons. The van der Waals surface area contributed by atoms with Crippen LogP contribution in [-0.4, -0.2) is 55.6 Å². The number of amides is 1. The summed E-state index contributed by atoms with van der Waals surface area (Å²) in [6, 6.07) is 0. The van der Waals surface area contributed by atoms with E-state index in [2.05, 4.69) is 4.74 Å². The first-order valence-electron chi connectivity index (χ1n) is 4.83. The van der Waals surface area contributed by atoms with E-state index in [1.807, 2.05) is 0 Å². The van der Waals surface area contributed by atoms with Gasteiger partial charge in [-0.25, -0.2) is 4.79 Å².